The predicted molar refractivity (Wildman–Crippen MR) is 101 cm³/mol. The molecule has 5 nitrogen and oxygen atoms in total. The molecule has 0 saturated heterocycles. The number of sulfonamides is 1. The third-order valence-electron chi connectivity index (χ3n) is 3.41. The molecule has 0 aliphatic heterocycles. The van der Waals surface area contributed by atoms with Gasteiger partial charge < -0.3 is 4.74 Å². The largest absolute Gasteiger partial charge is 0.494 e. The highest BCUT2D eigenvalue weighted by atomic mass is 35.5. The number of unbranched alkanes of at least 4 members (excludes halogenated alkanes) is 2. The molecule has 7 heteroatoms. The normalized spacial score (nSPS) is 11.6. The van der Waals surface area contributed by atoms with E-state index in [0.29, 0.717) is 11.6 Å². The van der Waals surface area contributed by atoms with Gasteiger partial charge in [0.2, 0.25) is 0 Å². The Morgan fingerprint density at radius 2 is 1.76 bits per heavy atom. The standard InChI is InChI=1S/C18H21ClN2O3S/c1-2-3-4-13-24-17-9-5-15(6-10-17)14-20-21-25(22,23)18-11-7-16(19)8-12-18/h5-12,14,21H,2-4,13H2,1H3/b20-14+. The summed E-state index contributed by atoms with van der Waals surface area (Å²) < 4.78 is 29.8. The molecule has 1 N–H and O–H groups in total. The summed E-state index contributed by atoms with van der Waals surface area (Å²) in [6, 6.07) is 13.2. The maximum Gasteiger partial charge on any atom is 0.276 e. The van der Waals surface area contributed by atoms with Gasteiger partial charge in [-0.25, -0.2) is 4.83 Å². The van der Waals surface area contributed by atoms with E-state index in [0.717, 1.165) is 30.6 Å². The fraction of sp³-hybridized carbons (Fsp3) is 0.278. The smallest absolute Gasteiger partial charge is 0.276 e. The Balaban J connectivity index is 1.90. The molecular formula is C18H21ClN2O3S. The highest BCUT2D eigenvalue weighted by Gasteiger charge is 2.11. The molecule has 2 aromatic carbocycles. The highest BCUT2D eigenvalue weighted by molar-refractivity contribution is 7.89. The third-order valence-corrected chi connectivity index (χ3v) is 4.90. The molecule has 25 heavy (non-hydrogen) atoms. The summed E-state index contributed by atoms with van der Waals surface area (Å²) in [5, 5.41) is 4.26. The van der Waals surface area contributed by atoms with Gasteiger partial charge >= 0.3 is 0 Å². The Labute approximate surface area is 153 Å². The van der Waals surface area contributed by atoms with Crippen LogP contribution in [0.25, 0.3) is 0 Å². The van der Waals surface area contributed by atoms with Gasteiger partial charge in [0.05, 0.1) is 17.7 Å². The Hall–Kier alpha value is -2.05. The molecule has 0 unspecified atom stereocenters. The highest BCUT2D eigenvalue weighted by Crippen LogP contribution is 2.14. The van der Waals surface area contributed by atoms with Crippen molar-refractivity contribution in [3.8, 4) is 5.75 Å². The van der Waals surface area contributed by atoms with Crippen LogP contribution in [0.5, 0.6) is 5.75 Å². The molecule has 0 saturated carbocycles. The minimum absolute atomic E-state index is 0.102. The van der Waals surface area contributed by atoms with Crippen molar-refractivity contribution in [2.75, 3.05) is 6.61 Å². The summed E-state index contributed by atoms with van der Waals surface area (Å²) in [5.74, 6) is 0.787. The molecule has 134 valence electrons. The third kappa shape index (κ3) is 6.40. The van der Waals surface area contributed by atoms with E-state index in [1.807, 2.05) is 24.3 Å². The average molecular weight is 381 g/mol. The summed E-state index contributed by atoms with van der Waals surface area (Å²) in [7, 11) is -3.70. The monoisotopic (exact) mass is 380 g/mol. The van der Waals surface area contributed by atoms with Crippen LogP contribution in [0.2, 0.25) is 5.02 Å². The maximum atomic E-state index is 12.1. The van der Waals surface area contributed by atoms with Crippen molar-refractivity contribution in [1.82, 2.24) is 4.83 Å². The van der Waals surface area contributed by atoms with Crippen molar-refractivity contribution in [2.45, 2.75) is 31.1 Å². The van der Waals surface area contributed by atoms with E-state index in [1.54, 1.807) is 0 Å². The zero-order chi connectivity index (χ0) is 18.1. The molecule has 0 aliphatic carbocycles. The lowest BCUT2D eigenvalue weighted by molar-refractivity contribution is 0.306. The predicted octanol–water partition coefficient (Wildman–Crippen LogP) is 4.22. The average Bonchev–Trinajstić information content (AvgIpc) is 2.60. The number of ether oxygens (including phenoxy) is 1. The molecule has 2 rings (SSSR count). The van der Waals surface area contributed by atoms with Crippen molar-refractivity contribution < 1.29 is 13.2 Å². The SMILES string of the molecule is CCCCCOc1ccc(/C=N/NS(=O)(=O)c2ccc(Cl)cc2)cc1. The second-order valence-electron chi connectivity index (χ2n) is 5.43. The van der Waals surface area contributed by atoms with Gasteiger partial charge in [-0.15, -0.1) is 0 Å². The minimum Gasteiger partial charge on any atom is -0.494 e. The van der Waals surface area contributed by atoms with Crippen molar-refractivity contribution >= 4 is 27.8 Å². The Morgan fingerprint density at radius 3 is 2.40 bits per heavy atom. The summed E-state index contributed by atoms with van der Waals surface area (Å²) in [6.45, 7) is 2.84. The summed E-state index contributed by atoms with van der Waals surface area (Å²) in [6.07, 6.45) is 4.78. The second-order valence-corrected chi connectivity index (χ2v) is 7.53. The van der Waals surface area contributed by atoms with Gasteiger partial charge in [0.15, 0.2) is 0 Å². The minimum atomic E-state index is -3.70. The van der Waals surface area contributed by atoms with Crippen LogP contribution in [0.4, 0.5) is 0 Å². The van der Waals surface area contributed by atoms with Crippen LogP contribution < -0.4 is 9.57 Å². The first-order valence-corrected chi connectivity index (χ1v) is 9.90. The molecule has 2 aromatic rings. The molecule has 0 heterocycles. The zero-order valence-corrected chi connectivity index (χ0v) is 15.6. The van der Waals surface area contributed by atoms with E-state index in [1.165, 1.54) is 30.5 Å². The van der Waals surface area contributed by atoms with Crippen LogP contribution in [0.3, 0.4) is 0 Å². The first-order chi connectivity index (χ1) is 12.0. The molecular weight excluding hydrogens is 360 g/mol. The van der Waals surface area contributed by atoms with E-state index in [-0.39, 0.29) is 4.90 Å². The van der Waals surface area contributed by atoms with E-state index in [9.17, 15) is 8.42 Å². The first kappa shape index (κ1) is 19.3. The van der Waals surface area contributed by atoms with E-state index in [4.69, 9.17) is 16.3 Å². The van der Waals surface area contributed by atoms with Gasteiger partial charge in [0, 0.05) is 5.02 Å². The van der Waals surface area contributed by atoms with E-state index >= 15 is 0 Å². The van der Waals surface area contributed by atoms with Gasteiger partial charge in [0.25, 0.3) is 10.0 Å². The quantitative estimate of drug-likeness (QED) is 0.402. The number of hydrazone groups is 1. The molecule has 0 aliphatic rings. The van der Waals surface area contributed by atoms with E-state index < -0.39 is 10.0 Å². The van der Waals surface area contributed by atoms with Crippen LogP contribution in [-0.2, 0) is 10.0 Å². The lowest BCUT2D eigenvalue weighted by atomic mass is 10.2. The van der Waals surface area contributed by atoms with E-state index in [2.05, 4.69) is 16.9 Å². The number of halogens is 1. The van der Waals surface area contributed by atoms with Crippen LogP contribution in [0.1, 0.15) is 31.7 Å². The number of hydrogen-bond acceptors (Lipinski definition) is 4. The van der Waals surface area contributed by atoms with Crippen LogP contribution in [-0.4, -0.2) is 21.2 Å². The summed E-state index contributed by atoms with van der Waals surface area (Å²) >= 11 is 5.75. The Kier molecular flexibility index (Phi) is 7.28. The molecule has 0 spiro atoms. The molecule has 0 aromatic heterocycles. The Bertz CT molecular complexity index is 788. The van der Waals surface area contributed by atoms with Crippen molar-refractivity contribution in [3.05, 3.63) is 59.1 Å². The number of benzene rings is 2. The fourth-order valence-electron chi connectivity index (χ4n) is 2.03. The zero-order valence-electron chi connectivity index (χ0n) is 14.0. The molecule has 0 atom stereocenters. The summed E-state index contributed by atoms with van der Waals surface area (Å²) in [4.78, 5) is 2.28. The van der Waals surface area contributed by atoms with Crippen LogP contribution >= 0.6 is 11.6 Å². The van der Waals surface area contributed by atoms with Crippen molar-refractivity contribution in [2.24, 2.45) is 5.10 Å². The van der Waals surface area contributed by atoms with Crippen molar-refractivity contribution in [1.29, 1.82) is 0 Å². The molecule has 0 amide bonds. The molecule has 0 fully saturated rings. The van der Waals surface area contributed by atoms with Crippen molar-refractivity contribution in [3.63, 3.8) is 0 Å². The number of nitrogens with zero attached hydrogens (tertiary/aromatic N) is 1. The molecule has 0 radical (unpaired) electrons. The van der Waals surface area contributed by atoms with Gasteiger partial charge in [0.1, 0.15) is 5.75 Å². The van der Waals surface area contributed by atoms with Crippen LogP contribution in [0, 0.1) is 0 Å². The first-order valence-electron chi connectivity index (χ1n) is 8.04. The Morgan fingerprint density at radius 1 is 1.08 bits per heavy atom. The number of nitrogens with one attached hydrogen (secondary N) is 1. The lowest BCUT2D eigenvalue weighted by Gasteiger charge is -2.05. The van der Waals surface area contributed by atoms with Crippen LogP contribution in [0.15, 0.2) is 58.5 Å². The van der Waals surface area contributed by atoms with Gasteiger partial charge in [-0.05, 0) is 60.5 Å². The molecule has 0 bridgehead atoms. The number of hydrogen-bond donors (Lipinski definition) is 1. The summed E-state index contributed by atoms with van der Waals surface area (Å²) in [5.41, 5.74) is 0.764. The van der Waals surface area contributed by atoms with Gasteiger partial charge in [-0.1, -0.05) is 31.4 Å². The van der Waals surface area contributed by atoms with Gasteiger partial charge in [-0.2, -0.15) is 13.5 Å². The second kappa shape index (κ2) is 9.44. The topological polar surface area (TPSA) is 67.8 Å². The lowest BCUT2D eigenvalue weighted by Crippen LogP contribution is -2.18. The fourth-order valence-corrected chi connectivity index (χ4v) is 2.95. The number of rotatable bonds is 9. The maximum absolute atomic E-state index is 12.1. The van der Waals surface area contributed by atoms with Gasteiger partial charge in [-0.3, -0.25) is 0 Å².